The summed E-state index contributed by atoms with van der Waals surface area (Å²) in [6, 6.07) is 19.7. The van der Waals surface area contributed by atoms with Crippen LogP contribution in [0.4, 0.5) is 5.13 Å². The molecule has 3 aromatic carbocycles. The third kappa shape index (κ3) is 3.34. The number of nitrogens with zero attached hydrogens (tertiary/aromatic N) is 1. The smallest absolute Gasteiger partial charge is 0.183 e. The van der Waals surface area contributed by atoms with Crippen molar-refractivity contribution < 1.29 is 9.84 Å². The maximum Gasteiger partial charge on any atom is 0.183 e. The first-order valence-electron chi connectivity index (χ1n) is 8.27. The Hall–Kier alpha value is -3.05. The molecule has 2 N–H and O–H groups in total. The van der Waals surface area contributed by atoms with Gasteiger partial charge in [-0.05, 0) is 35.0 Å². The number of ether oxygens (including phenoxy) is 1. The van der Waals surface area contributed by atoms with Crippen LogP contribution in [-0.2, 0) is 6.54 Å². The number of fused-ring (bicyclic) bond motifs is 1. The Morgan fingerprint density at radius 3 is 2.69 bits per heavy atom. The van der Waals surface area contributed by atoms with Crippen LogP contribution in [0, 0.1) is 0 Å². The van der Waals surface area contributed by atoms with Crippen molar-refractivity contribution in [2.24, 2.45) is 0 Å². The van der Waals surface area contributed by atoms with E-state index in [9.17, 15) is 5.11 Å². The molecule has 26 heavy (non-hydrogen) atoms. The van der Waals surface area contributed by atoms with E-state index in [1.54, 1.807) is 24.5 Å². The summed E-state index contributed by atoms with van der Waals surface area (Å²) >= 11 is 1.56. The topological polar surface area (TPSA) is 54.4 Å². The standard InChI is InChI=1S/C21H18N2O2S/c1-25-18-9-8-14-10-16(7-6-15(14)11-18)19-13-26-21(23-19)22-12-17-4-2-3-5-20(17)24/h2-11,13,24H,12H2,1H3,(H,22,23). The van der Waals surface area contributed by atoms with Gasteiger partial charge in [-0.25, -0.2) is 4.98 Å². The molecule has 0 radical (unpaired) electrons. The lowest BCUT2D eigenvalue weighted by molar-refractivity contribution is 0.415. The highest BCUT2D eigenvalue weighted by molar-refractivity contribution is 7.14. The summed E-state index contributed by atoms with van der Waals surface area (Å²) in [5, 5.41) is 18.3. The maximum absolute atomic E-state index is 9.84. The molecule has 0 aliphatic rings. The number of hydrogen-bond acceptors (Lipinski definition) is 5. The van der Waals surface area contributed by atoms with Crippen LogP contribution in [0.3, 0.4) is 0 Å². The molecule has 0 unspecified atom stereocenters. The lowest BCUT2D eigenvalue weighted by Crippen LogP contribution is -1.99. The van der Waals surface area contributed by atoms with Crippen LogP contribution in [-0.4, -0.2) is 17.2 Å². The molecule has 0 fully saturated rings. The largest absolute Gasteiger partial charge is 0.508 e. The Balaban J connectivity index is 1.54. The van der Waals surface area contributed by atoms with Gasteiger partial charge in [0.1, 0.15) is 11.5 Å². The molecular weight excluding hydrogens is 344 g/mol. The maximum atomic E-state index is 9.84. The van der Waals surface area contributed by atoms with Crippen LogP contribution in [0.5, 0.6) is 11.5 Å². The van der Waals surface area contributed by atoms with Gasteiger partial charge in [-0.15, -0.1) is 11.3 Å². The molecule has 5 heteroatoms. The Morgan fingerprint density at radius 1 is 1.04 bits per heavy atom. The third-order valence-corrected chi connectivity index (χ3v) is 5.07. The molecule has 0 aliphatic heterocycles. The molecule has 1 aromatic heterocycles. The fourth-order valence-corrected chi connectivity index (χ4v) is 3.55. The second-order valence-electron chi connectivity index (χ2n) is 5.95. The van der Waals surface area contributed by atoms with Crippen LogP contribution in [0.15, 0.2) is 66.0 Å². The first kappa shape index (κ1) is 16.4. The van der Waals surface area contributed by atoms with E-state index < -0.39 is 0 Å². The third-order valence-electron chi connectivity index (χ3n) is 4.27. The van der Waals surface area contributed by atoms with E-state index >= 15 is 0 Å². The molecule has 0 spiro atoms. The number of aromatic nitrogens is 1. The summed E-state index contributed by atoms with van der Waals surface area (Å²) in [4.78, 5) is 4.67. The predicted molar refractivity (Wildman–Crippen MR) is 107 cm³/mol. The lowest BCUT2D eigenvalue weighted by Gasteiger charge is -2.05. The van der Waals surface area contributed by atoms with Crippen LogP contribution < -0.4 is 10.1 Å². The average molecular weight is 362 g/mol. The Bertz CT molecular complexity index is 1060. The number of phenolic OH excluding ortho intramolecular Hbond substituents is 1. The van der Waals surface area contributed by atoms with Crippen molar-refractivity contribution in [2.45, 2.75) is 6.54 Å². The number of nitrogens with one attached hydrogen (secondary N) is 1. The van der Waals surface area contributed by atoms with E-state index in [1.807, 2.05) is 35.7 Å². The number of para-hydroxylation sites is 1. The second-order valence-corrected chi connectivity index (χ2v) is 6.81. The zero-order valence-electron chi connectivity index (χ0n) is 14.3. The average Bonchev–Trinajstić information content (AvgIpc) is 3.15. The summed E-state index contributed by atoms with van der Waals surface area (Å²) in [5.41, 5.74) is 2.87. The monoisotopic (exact) mass is 362 g/mol. The highest BCUT2D eigenvalue weighted by Crippen LogP contribution is 2.29. The first-order chi connectivity index (χ1) is 12.7. The fourth-order valence-electron chi connectivity index (χ4n) is 2.83. The fraction of sp³-hybridized carbons (Fsp3) is 0.0952. The van der Waals surface area contributed by atoms with Crippen molar-refractivity contribution in [3.05, 3.63) is 71.6 Å². The van der Waals surface area contributed by atoms with Gasteiger partial charge in [-0.3, -0.25) is 0 Å². The predicted octanol–water partition coefficient (Wildman–Crippen LogP) is 5.29. The second kappa shape index (κ2) is 7.06. The van der Waals surface area contributed by atoms with E-state index in [2.05, 4.69) is 34.6 Å². The van der Waals surface area contributed by atoms with Crippen LogP contribution in [0.2, 0.25) is 0 Å². The number of phenols is 1. The zero-order chi connectivity index (χ0) is 17.9. The molecule has 0 atom stereocenters. The summed E-state index contributed by atoms with van der Waals surface area (Å²) in [6.45, 7) is 0.539. The Kier molecular flexibility index (Phi) is 4.46. The van der Waals surface area contributed by atoms with Crippen LogP contribution in [0.25, 0.3) is 22.0 Å². The quantitative estimate of drug-likeness (QED) is 0.506. The molecule has 4 aromatic rings. The molecule has 0 aliphatic carbocycles. The number of thiazole rings is 1. The number of aromatic hydroxyl groups is 1. The molecule has 0 bridgehead atoms. The molecular formula is C21H18N2O2S. The number of hydrogen-bond donors (Lipinski definition) is 2. The highest BCUT2D eigenvalue weighted by atomic mass is 32.1. The van der Waals surface area contributed by atoms with Crippen LogP contribution in [0.1, 0.15) is 5.56 Å². The summed E-state index contributed by atoms with van der Waals surface area (Å²) in [7, 11) is 1.68. The summed E-state index contributed by atoms with van der Waals surface area (Å²) in [5.74, 6) is 1.15. The van der Waals surface area contributed by atoms with E-state index in [1.165, 1.54) is 0 Å². The lowest BCUT2D eigenvalue weighted by atomic mass is 10.1. The Morgan fingerprint density at radius 2 is 1.85 bits per heavy atom. The van der Waals surface area contributed by atoms with Gasteiger partial charge in [-0.1, -0.05) is 36.4 Å². The number of benzene rings is 3. The van der Waals surface area contributed by atoms with Crippen molar-refractivity contribution in [3.63, 3.8) is 0 Å². The summed E-state index contributed by atoms with van der Waals surface area (Å²) in [6.07, 6.45) is 0. The van der Waals surface area contributed by atoms with E-state index in [0.717, 1.165) is 38.5 Å². The zero-order valence-corrected chi connectivity index (χ0v) is 15.1. The Labute approximate surface area is 155 Å². The van der Waals surface area contributed by atoms with E-state index in [4.69, 9.17) is 4.74 Å². The van der Waals surface area contributed by atoms with Crippen molar-refractivity contribution in [1.29, 1.82) is 0 Å². The van der Waals surface area contributed by atoms with Gasteiger partial charge in [-0.2, -0.15) is 0 Å². The number of anilines is 1. The van der Waals surface area contributed by atoms with Gasteiger partial charge in [0, 0.05) is 23.1 Å². The molecule has 0 saturated heterocycles. The van der Waals surface area contributed by atoms with E-state index in [-0.39, 0.29) is 0 Å². The van der Waals surface area contributed by atoms with Gasteiger partial charge in [0.15, 0.2) is 5.13 Å². The number of rotatable bonds is 5. The number of methoxy groups -OCH3 is 1. The molecule has 1 heterocycles. The normalized spacial score (nSPS) is 10.8. The highest BCUT2D eigenvalue weighted by Gasteiger charge is 2.07. The van der Waals surface area contributed by atoms with Crippen molar-refractivity contribution in [3.8, 4) is 22.8 Å². The molecule has 4 rings (SSSR count). The van der Waals surface area contributed by atoms with Gasteiger partial charge in [0.25, 0.3) is 0 Å². The van der Waals surface area contributed by atoms with Crippen molar-refractivity contribution in [2.75, 3.05) is 12.4 Å². The van der Waals surface area contributed by atoms with Gasteiger partial charge >= 0.3 is 0 Å². The first-order valence-corrected chi connectivity index (χ1v) is 9.15. The van der Waals surface area contributed by atoms with Crippen molar-refractivity contribution in [1.82, 2.24) is 4.98 Å². The molecule has 0 saturated carbocycles. The minimum atomic E-state index is 0.293. The molecule has 130 valence electrons. The van der Waals surface area contributed by atoms with E-state index in [0.29, 0.717) is 12.3 Å². The minimum Gasteiger partial charge on any atom is -0.508 e. The summed E-state index contributed by atoms with van der Waals surface area (Å²) < 4.78 is 5.28. The van der Waals surface area contributed by atoms with Gasteiger partial charge in [0.05, 0.1) is 12.8 Å². The van der Waals surface area contributed by atoms with Crippen LogP contribution >= 0.6 is 11.3 Å². The molecule has 0 amide bonds. The van der Waals surface area contributed by atoms with Gasteiger partial charge < -0.3 is 15.2 Å². The SMILES string of the molecule is COc1ccc2cc(-c3csc(NCc4ccccc4O)n3)ccc2c1. The van der Waals surface area contributed by atoms with Gasteiger partial charge in [0.2, 0.25) is 0 Å². The van der Waals surface area contributed by atoms with Crippen molar-refractivity contribution >= 4 is 27.2 Å². The molecule has 4 nitrogen and oxygen atoms in total. The minimum absolute atomic E-state index is 0.293.